The Bertz CT molecular complexity index is 428. The summed E-state index contributed by atoms with van der Waals surface area (Å²) in [6, 6.07) is -0.829. The van der Waals surface area contributed by atoms with Crippen LogP contribution in [-0.2, 0) is 4.79 Å². The van der Waals surface area contributed by atoms with E-state index in [4.69, 9.17) is 5.11 Å². The van der Waals surface area contributed by atoms with Crippen LogP contribution in [0.4, 0.5) is 0 Å². The fraction of sp³-hybridized carbons (Fsp3) is 0.545. The zero-order valence-corrected chi connectivity index (χ0v) is 11.1. The first-order valence-electron chi connectivity index (χ1n) is 5.26. The van der Waals surface area contributed by atoms with E-state index in [2.05, 4.69) is 4.98 Å². The molecule has 1 N–H and O–H groups in total. The Morgan fingerprint density at radius 2 is 2.06 bits per heavy atom. The van der Waals surface area contributed by atoms with E-state index >= 15 is 0 Å². The van der Waals surface area contributed by atoms with E-state index in [0.717, 1.165) is 5.01 Å². The number of hydrogen-bond donors (Lipinski definition) is 1. The monoisotopic (exact) mass is 256 g/mol. The van der Waals surface area contributed by atoms with Gasteiger partial charge in [0.25, 0.3) is 5.91 Å². The third-order valence-electron chi connectivity index (χ3n) is 2.46. The average Bonchev–Trinajstić information content (AvgIpc) is 2.62. The quantitative estimate of drug-likeness (QED) is 0.889. The molecule has 1 rings (SSSR count). The van der Waals surface area contributed by atoms with E-state index in [9.17, 15) is 9.59 Å². The molecule has 0 aliphatic rings. The molecule has 1 unspecified atom stereocenters. The lowest BCUT2D eigenvalue weighted by molar-refractivity contribution is -0.143. The molecule has 1 amide bonds. The third-order valence-corrected chi connectivity index (χ3v) is 3.23. The van der Waals surface area contributed by atoms with Crippen molar-refractivity contribution in [3.8, 4) is 0 Å². The van der Waals surface area contributed by atoms with E-state index in [0.29, 0.717) is 5.69 Å². The molecule has 94 valence electrons. The van der Waals surface area contributed by atoms with Crippen LogP contribution in [0.5, 0.6) is 0 Å². The van der Waals surface area contributed by atoms with Crippen molar-refractivity contribution in [3.05, 3.63) is 16.1 Å². The lowest BCUT2D eigenvalue weighted by Crippen LogP contribution is -2.45. The zero-order valence-electron chi connectivity index (χ0n) is 10.3. The second-order valence-electron chi connectivity index (χ2n) is 4.19. The molecule has 0 saturated carbocycles. The number of rotatable bonds is 4. The highest BCUT2D eigenvalue weighted by Crippen LogP contribution is 2.15. The maximum absolute atomic E-state index is 12.0. The number of nitrogens with zero attached hydrogens (tertiary/aromatic N) is 2. The second-order valence-corrected chi connectivity index (χ2v) is 5.26. The molecule has 0 radical (unpaired) electrons. The summed E-state index contributed by atoms with van der Waals surface area (Å²) >= 11 is 1.37. The Kier molecular flexibility index (Phi) is 4.22. The molecule has 1 aromatic heterocycles. The lowest BCUT2D eigenvalue weighted by Gasteiger charge is -2.27. The molecular weight excluding hydrogens is 240 g/mol. The highest BCUT2D eigenvalue weighted by Gasteiger charge is 2.30. The summed E-state index contributed by atoms with van der Waals surface area (Å²) in [6.07, 6.45) is 0. The summed E-state index contributed by atoms with van der Waals surface area (Å²) in [4.78, 5) is 28.4. The van der Waals surface area contributed by atoms with Gasteiger partial charge >= 0.3 is 5.97 Å². The molecule has 0 saturated heterocycles. The molecule has 0 aliphatic heterocycles. The lowest BCUT2D eigenvalue weighted by atomic mass is 10.0. The molecule has 6 heteroatoms. The van der Waals surface area contributed by atoms with Crippen LogP contribution in [-0.4, -0.2) is 40.0 Å². The van der Waals surface area contributed by atoms with Crippen LogP contribution in [0.15, 0.2) is 5.38 Å². The van der Waals surface area contributed by atoms with Crippen LogP contribution < -0.4 is 0 Å². The number of aliphatic carboxylic acids is 1. The average molecular weight is 256 g/mol. The van der Waals surface area contributed by atoms with Crippen LogP contribution in [0.2, 0.25) is 0 Å². The maximum atomic E-state index is 12.0. The van der Waals surface area contributed by atoms with Gasteiger partial charge in [-0.15, -0.1) is 11.3 Å². The van der Waals surface area contributed by atoms with Crippen molar-refractivity contribution in [2.45, 2.75) is 26.8 Å². The minimum atomic E-state index is -0.997. The topological polar surface area (TPSA) is 70.5 Å². The van der Waals surface area contributed by atoms with Gasteiger partial charge in [-0.3, -0.25) is 4.79 Å². The van der Waals surface area contributed by atoms with Crippen LogP contribution >= 0.6 is 11.3 Å². The summed E-state index contributed by atoms with van der Waals surface area (Å²) in [5.41, 5.74) is 0.307. The molecule has 0 aromatic carbocycles. The molecule has 17 heavy (non-hydrogen) atoms. The molecular formula is C11H16N2O3S. The van der Waals surface area contributed by atoms with Gasteiger partial charge in [0.2, 0.25) is 0 Å². The van der Waals surface area contributed by atoms with Gasteiger partial charge in [-0.05, 0) is 12.8 Å². The van der Waals surface area contributed by atoms with Gasteiger partial charge in [0, 0.05) is 12.4 Å². The second kappa shape index (κ2) is 5.27. The zero-order chi connectivity index (χ0) is 13.2. The molecule has 0 spiro atoms. The van der Waals surface area contributed by atoms with Crippen molar-refractivity contribution in [3.63, 3.8) is 0 Å². The Hall–Kier alpha value is -1.43. The first kappa shape index (κ1) is 13.6. The van der Waals surface area contributed by atoms with Crippen molar-refractivity contribution in [1.29, 1.82) is 0 Å². The standard InChI is InChI=1S/C11H16N2O3S/c1-6(2)9(11(15)16)13(4)10(14)8-5-17-7(3)12-8/h5-6,9H,1-4H3,(H,15,16). The van der Waals surface area contributed by atoms with Gasteiger partial charge in [0.15, 0.2) is 0 Å². The van der Waals surface area contributed by atoms with Gasteiger partial charge in [-0.2, -0.15) is 0 Å². The van der Waals surface area contributed by atoms with Crippen molar-refractivity contribution >= 4 is 23.2 Å². The Balaban J connectivity index is 2.91. The number of aromatic nitrogens is 1. The minimum absolute atomic E-state index is 0.152. The fourth-order valence-corrected chi connectivity index (χ4v) is 2.25. The molecule has 0 bridgehead atoms. The van der Waals surface area contributed by atoms with Gasteiger partial charge < -0.3 is 10.0 Å². The predicted octanol–water partition coefficient (Wildman–Crippen LogP) is 1.63. The number of carboxylic acid groups (broad SMARTS) is 1. The summed E-state index contributed by atoms with van der Waals surface area (Å²) in [5, 5.41) is 11.5. The molecule has 1 aromatic rings. The largest absolute Gasteiger partial charge is 0.480 e. The van der Waals surface area contributed by atoms with Crippen LogP contribution in [0.1, 0.15) is 29.3 Å². The first-order valence-corrected chi connectivity index (χ1v) is 6.14. The maximum Gasteiger partial charge on any atom is 0.326 e. The first-order chi connectivity index (χ1) is 7.84. The number of hydrogen-bond acceptors (Lipinski definition) is 4. The van der Waals surface area contributed by atoms with Crippen LogP contribution in [0, 0.1) is 12.8 Å². The molecule has 1 atom stereocenters. The van der Waals surface area contributed by atoms with Crippen LogP contribution in [0.25, 0.3) is 0 Å². The number of carbonyl (C=O) groups is 2. The normalized spacial score (nSPS) is 12.5. The van der Waals surface area contributed by atoms with E-state index < -0.39 is 12.0 Å². The summed E-state index contributed by atoms with van der Waals surface area (Å²) in [6.45, 7) is 5.35. The Morgan fingerprint density at radius 3 is 2.41 bits per heavy atom. The number of thiazole rings is 1. The van der Waals surface area contributed by atoms with E-state index in [1.54, 1.807) is 26.2 Å². The van der Waals surface area contributed by atoms with Crippen molar-refractivity contribution in [2.75, 3.05) is 7.05 Å². The predicted molar refractivity (Wildman–Crippen MR) is 65.2 cm³/mol. The summed E-state index contributed by atoms with van der Waals surface area (Å²) < 4.78 is 0. The van der Waals surface area contributed by atoms with Gasteiger partial charge in [0.1, 0.15) is 11.7 Å². The summed E-state index contributed by atoms with van der Waals surface area (Å²) in [7, 11) is 1.50. The molecule has 1 heterocycles. The van der Waals surface area contributed by atoms with E-state index in [-0.39, 0.29) is 11.8 Å². The number of carboxylic acids is 1. The number of aryl methyl sites for hydroxylation is 1. The fourth-order valence-electron chi connectivity index (χ4n) is 1.67. The Labute approximate surface area is 104 Å². The Morgan fingerprint density at radius 1 is 1.47 bits per heavy atom. The number of likely N-dealkylation sites (N-methyl/N-ethyl adjacent to an activating group) is 1. The van der Waals surface area contributed by atoms with Crippen LogP contribution in [0.3, 0.4) is 0 Å². The number of carbonyl (C=O) groups excluding carboxylic acids is 1. The summed E-state index contributed by atoms with van der Waals surface area (Å²) in [5.74, 6) is -1.50. The molecule has 0 fully saturated rings. The molecule has 5 nitrogen and oxygen atoms in total. The van der Waals surface area contributed by atoms with Crippen molar-refractivity contribution in [2.24, 2.45) is 5.92 Å². The van der Waals surface area contributed by atoms with E-state index in [1.807, 2.05) is 0 Å². The van der Waals surface area contributed by atoms with E-state index in [1.165, 1.54) is 23.3 Å². The van der Waals surface area contributed by atoms with Gasteiger partial charge in [-0.25, -0.2) is 9.78 Å². The minimum Gasteiger partial charge on any atom is -0.480 e. The van der Waals surface area contributed by atoms with Gasteiger partial charge in [0.05, 0.1) is 5.01 Å². The van der Waals surface area contributed by atoms with Crippen molar-refractivity contribution < 1.29 is 14.7 Å². The number of amides is 1. The van der Waals surface area contributed by atoms with Gasteiger partial charge in [-0.1, -0.05) is 13.8 Å². The smallest absolute Gasteiger partial charge is 0.326 e. The third kappa shape index (κ3) is 3.03. The SMILES string of the molecule is Cc1nc(C(=O)N(C)C(C(=O)O)C(C)C)cs1. The van der Waals surface area contributed by atoms with Crippen molar-refractivity contribution in [1.82, 2.24) is 9.88 Å². The highest BCUT2D eigenvalue weighted by atomic mass is 32.1. The highest BCUT2D eigenvalue weighted by molar-refractivity contribution is 7.09. The molecule has 0 aliphatic carbocycles.